The second kappa shape index (κ2) is 6.91. The minimum atomic E-state index is -3.63. The predicted molar refractivity (Wildman–Crippen MR) is 103 cm³/mol. The van der Waals surface area contributed by atoms with Crippen molar-refractivity contribution in [2.75, 3.05) is 25.0 Å². The van der Waals surface area contributed by atoms with Crippen molar-refractivity contribution in [3.8, 4) is 0 Å². The van der Waals surface area contributed by atoms with Crippen LogP contribution in [0, 0.1) is 5.92 Å². The van der Waals surface area contributed by atoms with Gasteiger partial charge >= 0.3 is 0 Å². The van der Waals surface area contributed by atoms with E-state index in [2.05, 4.69) is 5.32 Å². The molecule has 0 aliphatic carbocycles. The number of carbonyl (C=O) groups excluding carboxylic acids is 2. The molecule has 2 aliphatic rings. The molecule has 7 nitrogen and oxygen atoms in total. The Morgan fingerprint density at radius 1 is 1.19 bits per heavy atom. The maximum absolute atomic E-state index is 13.0. The molecule has 2 heterocycles. The number of benzene rings is 1. The van der Waals surface area contributed by atoms with Crippen LogP contribution in [-0.4, -0.2) is 50.2 Å². The SMILES string of the molecule is CN1C(=O)Cc2cc(S(=O)(=O)N3CCC(C(=O)NC(C)(C)C)CC3)ccc21. The van der Waals surface area contributed by atoms with Gasteiger partial charge in [-0.3, -0.25) is 9.59 Å². The maximum atomic E-state index is 13.0. The van der Waals surface area contributed by atoms with Gasteiger partial charge < -0.3 is 10.2 Å². The summed E-state index contributed by atoms with van der Waals surface area (Å²) in [5, 5.41) is 2.97. The Labute approximate surface area is 160 Å². The van der Waals surface area contributed by atoms with Gasteiger partial charge in [-0.2, -0.15) is 4.31 Å². The van der Waals surface area contributed by atoms with Crippen LogP contribution in [0.25, 0.3) is 0 Å². The molecule has 8 heteroatoms. The largest absolute Gasteiger partial charge is 0.351 e. The number of rotatable bonds is 3. The van der Waals surface area contributed by atoms with E-state index < -0.39 is 10.0 Å². The Hall–Kier alpha value is -1.93. The van der Waals surface area contributed by atoms with Crippen molar-refractivity contribution in [1.82, 2.24) is 9.62 Å². The van der Waals surface area contributed by atoms with Crippen molar-refractivity contribution >= 4 is 27.5 Å². The lowest BCUT2D eigenvalue weighted by Gasteiger charge is -2.32. The summed E-state index contributed by atoms with van der Waals surface area (Å²) in [6, 6.07) is 4.85. The molecule has 0 saturated carbocycles. The standard InChI is InChI=1S/C19H27N3O4S/c1-19(2,3)20-18(24)13-7-9-22(10-8-13)27(25,26)15-5-6-16-14(11-15)12-17(23)21(16)4/h5-6,11,13H,7-10,12H2,1-4H3,(H,20,24). The zero-order valence-corrected chi connectivity index (χ0v) is 17.1. The number of nitrogens with zero attached hydrogens (tertiary/aromatic N) is 2. The first-order valence-corrected chi connectivity index (χ1v) is 10.6. The van der Waals surface area contributed by atoms with Gasteiger partial charge in [0.2, 0.25) is 21.8 Å². The van der Waals surface area contributed by atoms with Gasteiger partial charge in [-0.15, -0.1) is 0 Å². The average Bonchev–Trinajstić information content (AvgIpc) is 2.87. The summed E-state index contributed by atoms with van der Waals surface area (Å²) in [4.78, 5) is 25.9. The van der Waals surface area contributed by atoms with Crippen LogP contribution >= 0.6 is 0 Å². The molecule has 1 N–H and O–H groups in total. The third kappa shape index (κ3) is 4.01. The molecular formula is C19H27N3O4S. The molecule has 1 fully saturated rings. The number of carbonyl (C=O) groups is 2. The molecule has 3 rings (SSSR count). The summed E-state index contributed by atoms with van der Waals surface area (Å²) in [7, 11) is -1.94. The number of nitrogens with one attached hydrogen (secondary N) is 1. The van der Waals surface area contributed by atoms with Gasteiger partial charge in [0.15, 0.2) is 0 Å². The fraction of sp³-hybridized carbons (Fsp3) is 0.579. The van der Waals surface area contributed by atoms with Gasteiger partial charge in [-0.05, 0) is 57.4 Å². The summed E-state index contributed by atoms with van der Waals surface area (Å²) in [5.41, 5.74) is 1.20. The third-order valence-corrected chi connectivity index (χ3v) is 6.98. The van der Waals surface area contributed by atoms with Gasteiger partial charge in [-0.1, -0.05) is 0 Å². The molecule has 1 aromatic carbocycles. The number of fused-ring (bicyclic) bond motifs is 1. The Balaban J connectivity index is 1.70. The van der Waals surface area contributed by atoms with Crippen molar-refractivity contribution in [3.63, 3.8) is 0 Å². The van der Waals surface area contributed by atoms with E-state index in [-0.39, 0.29) is 34.6 Å². The summed E-state index contributed by atoms with van der Waals surface area (Å²) in [5.74, 6) is -0.217. The maximum Gasteiger partial charge on any atom is 0.243 e. The summed E-state index contributed by atoms with van der Waals surface area (Å²) < 4.78 is 27.4. The van der Waals surface area contributed by atoms with E-state index >= 15 is 0 Å². The third-order valence-electron chi connectivity index (χ3n) is 5.09. The first-order valence-electron chi connectivity index (χ1n) is 9.21. The number of hydrogen-bond donors (Lipinski definition) is 1. The summed E-state index contributed by atoms with van der Waals surface area (Å²) in [6.07, 6.45) is 1.24. The van der Waals surface area contributed by atoms with Gasteiger partial charge in [-0.25, -0.2) is 8.42 Å². The van der Waals surface area contributed by atoms with Crippen molar-refractivity contribution < 1.29 is 18.0 Å². The lowest BCUT2D eigenvalue weighted by atomic mass is 9.96. The normalized spacial score (nSPS) is 19.3. The van der Waals surface area contributed by atoms with Crippen LogP contribution in [0.4, 0.5) is 5.69 Å². The average molecular weight is 394 g/mol. The van der Waals surface area contributed by atoms with Gasteiger partial charge in [0.25, 0.3) is 0 Å². The van der Waals surface area contributed by atoms with E-state index in [0.29, 0.717) is 25.9 Å². The van der Waals surface area contributed by atoms with Crippen LogP contribution in [0.1, 0.15) is 39.2 Å². The molecule has 0 spiro atoms. The fourth-order valence-corrected chi connectivity index (χ4v) is 5.11. The van der Waals surface area contributed by atoms with E-state index in [1.165, 1.54) is 4.31 Å². The molecule has 0 atom stereocenters. The van der Waals surface area contributed by atoms with Crippen LogP contribution in [0.15, 0.2) is 23.1 Å². The van der Waals surface area contributed by atoms with E-state index in [9.17, 15) is 18.0 Å². The number of piperidine rings is 1. The first kappa shape index (κ1) is 19.8. The lowest BCUT2D eigenvalue weighted by Crippen LogP contribution is -2.47. The molecule has 148 valence electrons. The second-order valence-electron chi connectivity index (χ2n) is 8.34. The Morgan fingerprint density at radius 2 is 1.81 bits per heavy atom. The first-order chi connectivity index (χ1) is 12.5. The highest BCUT2D eigenvalue weighted by Gasteiger charge is 2.34. The molecule has 2 aliphatic heterocycles. The molecule has 0 aromatic heterocycles. The quantitative estimate of drug-likeness (QED) is 0.844. The van der Waals surface area contributed by atoms with Crippen molar-refractivity contribution in [3.05, 3.63) is 23.8 Å². The van der Waals surface area contributed by atoms with E-state index in [1.54, 1.807) is 30.1 Å². The Bertz CT molecular complexity index is 865. The molecule has 0 bridgehead atoms. The molecule has 0 radical (unpaired) electrons. The smallest absolute Gasteiger partial charge is 0.243 e. The van der Waals surface area contributed by atoms with Crippen LogP contribution in [0.5, 0.6) is 0 Å². The van der Waals surface area contributed by atoms with Crippen LogP contribution < -0.4 is 10.2 Å². The Kier molecular flexibility index (Phi) is 5.07. The minimum Gasteiger partial charge on any atom is -0.351 e. The summed E-state index contributed by atoms with van der Waals surface area (Å²) >= 11 is 0. The minimum absolute atomic E-state index is 0.0152. The zero-order chi connectivity index (χ0) is 20.0. The van der Waals surface area contributed by atoms with Crippen molar-refractivity contribution in [2.24, 2.45) is 5.92 Å². The van der Waals surface area contributed by atoms with Crippen LogP contribution in [0.3, 0.4) is 0 Å². The number of sulfonamides is 1. The number of likely N-dealkylation sites (N-methyl/N-ethyl adjacent to an activating group) is 1. The van der Waals surface area contributed by atoms with Crippen LogP contribution in [-0.2, 0) is 26.0 Å². The number of anilines is 1. The second-order valence-corrected chi connectivity index (χ2v) is 10.3. The number of hydrogen-bond acceptors (Lipinski definition) is 4. The van der Waals surface area contributed by atoms with Gasteiger partial charge in [0.1, 0.15) is 0 Å². The molecule has 0 unspecified atom stereocenters. The monoisotopic (exact) mass is 393 g/mol. The summed E-state index contributed by atoms with van der Waals surface area (Å²) in [6.45, 7) is 6.43. The molecule has 1 aromatic rings. The highest BCUT2D eigenvalue weighted by molar-refractivity contribution is 7.89. The molecule has 27 heavy (non-hydrogen) atoms. The van der Waals surface area contributed by atoms with Gasteiger partial charge in [0, 0.05) is 37.3 Å². The predicted octanol–water partition coefficient (Wildman–Crippen LogP) is 1.52. The van der Waals surface area contributed by atoms with E-state index in [1.807, 2.05) is 20.8 Å². The zero-order valence-electron chi connectivity index (χ0n) is 16.3. The highest BCUT2D eigenvalue weighted by atomic mass is 32.2. The van der Waals surface area contributed by atoms with Crippen molar-refractivity contribution in [1.29, 1.82) is 0 Å². The number of amides is 2. The fourth-order valence-electron chi connectivity index (χ4n) is 3.59. The Morgan fingerprint density at radius 3 is 2.41 bits per heavy atom. The molecule has 2 amide bonds. The molecule has 1 saturated heterocycles. The molecular weight excluding hydrogens is 366 g/mol. The van der Waals surface area contributed by atoms with Crippen LogP contribution in [0.2, 0.25) is 0 Å². The van der Waals surface area contributed by atoms with E-state index in [4.69, 9.17) is 0 Å². The van der Waals surface area contributed by atoms with Crippen molar-refractivity contribution in [2.45, 2.75) is 50.5 Å². The lowest BCUT2D eigenvalue weighted by molar-refractivity contribution is -0.127. The highest BCUT2D eigenvalue weighted by Crippen LogP contribution is 2.32. The van der Waals surface area contributed by atoms with E-state index in [0.717, 1.165) is 11.3 Å². The topological polar surface area (TPSA) is 86.8 Å². The van der Waals surface area contributed by atoms with Gasteiger partial charge in [0.05, 0.1) is 11.3 Å².